The van der Waals surface area contributed by atoms with Gasteiger partial charge in [-0.05, 0) is 80.0 Å². The lowest BCUT2D eigenvalue weighted by molar-refractivity contribution is -0.162. The van der Waals surface area contributed by atoms with Crippen LogP contribution in [-0.2, 0) is 25.5 Å². The molecule has 50 heavy (non-hydrogen) atoms. The fraction of sp³-hybridized carbons (Fsp3) is 0.447. The number of hydrogen-bond donors (Lipinski definition) is 1. The second-order valence-corrected chi connectivity index (χ2v) is 11.8. The molecule has 1 amide bonds. The molecule has 1 N–H and O–H groups in total. The van der Waals surface area contributed by atoms with Gasteiger partial charge in [0.15, 0.2) is 29.6 Å². The fourth-order valence-electron chi connectivity index (χ4n) is 6.34. The van der Waals surface area contributed by atoms with Gasteiger partial charge in [-0.2, -0.15) is 0 Å². The van der Waals surface area contributed by atoms with Crippen LogP contribution >= 0.6 is 0 Å². The number of piperidine rings is 1. The van der Waals surface area contributed by atoms with Crippen molar-refractivity contribution in [1.29, 1.82) is 0 Å². The lowest BCUT2D eigenvalue weighted by Gasteiger charge is -2.37. The monoisotopic (exact) mass is 693 g/mol. The van der Waals surface area contributed by atoms with Crippen LogP contribution in [0.4, 0.5) is 0 Å². The Kier molecular flexibility index (Phi) is 13.6. The van der Waals surface area contributed by atoms with E-state index in [0.29, 0.717) is 77.9 Å². The van der Waals surface area contributed by atoms with Crippen LogP contribution < -0.4 is 28.4 Å². The van der Waals surface area contributed by atoms with E-state index in [1.54, 1.807) is 55.5 Å². The second kappa shape index (κ2) is 18.0. The van der Waals surface area contributed by atoms with E-state index in [9.17, 15) is 19.5 Å². The summed E-state index contributed by atoms with van der Waals surface area (Å²) in [4.78, 5) is 41.4. The summed E-state index contributed by atoms with van der Waals surface area (Å²) < 4.78 is 39.3. The van der Waals surface area contributed by atoms with Gasteiger partial charge < -0.3 is 43.2 Å². The molecule has 1 aliphatic heterocycles. The average molecular weight is 694 g/mol. The van der Waals surface area contributed by atoms with E-state index in [-0.39, 0.29) is 5.91 Å². The van der Waals surface area contributed by atoms with Crippen molar-refractivity contribution in [3.05, 3.63) is 71.3 Å². The van der Waals surface area contributed by atoms with E-state index < -0.39 is 36.6 Å². The average Bonchev–Trinajstić information content (AvgIpc) is 3.15. The van der Waals surface area contributed by atoms with Gasteiger partial charge in [0.25, 0.3) is 0 Å². The summed E-state index contributed by atoms with van der Waals surface area (Å²) in [5, 5.41) is 9.29. The summed E-state index contributed by atoms with van der Waals surface area (Å²) in [7, 11) is 7.68. The molecule has 1 saturated heterocycles. The molecule has 0 saturated carbocycles. The number of ether oxygens (including phenoxy) is 7. The fourth-order valence-corrected chi connectivity index (χ4v) is 6.34. The van der Waals surface area contributed by atoms with Gasteiger partial charge in [0.05, 0.1) is 41.5 Å². The molecular weight excluding hydrogens is 646 g/mol. The standard InChI is InChI=1S/C38H47NO11/c1-7-26(25-21-33(46-4)36(48-6)34(22-25)47-5)37(42)39-19-11-10-13-28(39)38(43)50-30(27-12-8-9-14-29(27)49-23-35(40)41)17-15-24-16-18-31(44-2)32(20-24)45-3/h8-9,12,14,16,18,20-22,26,28,30H,7,10-11,13,15,17,19,23H2,1-6H3,(H,40,41)/t26?,28?,30-/m1/s1. The first-order valence-corrected chi connectivity index (χ1v) is 16.6. The number of nitrogens with zero attached hydrogens (tertiary/aromatic N) is 1. The maximum Gasteiger partial charge on any atom is 0.341 e. The number of benzene rings is 3. The van der Waals surface area contributed by atoms with Gasteiger partial charge in [0.2, 0.25) is 11.7 Å². The molecule has 1 aliphatic rings. The maximum absolute atomic E-state index is 14.3. The van der Waals surface area contributed by atoms with Crippen LogP contribution in [0.25, 0.3) is 0 Å². The first kappa shape index (κ1) is 37.7. The Bertz CT molecular complexity index is 1600. The molecule has 3 aromatic carbocycles. The third-order valence-corrected chi connectivity index (χ3v) is 8.87. The number of aryl methyl sites for hydroxylation is 1. The molecule has 0 aliphatic carbocycles. The first-order chi connectivity index (χ1) is 24.2. The van der Waals surface area contributed by atoms with Crippen molar-refractivity contribution in [3.63, 3.8) is 0 Å². The zero-order chi connectivity index (χ0) is 36.2. The number of methoxy groups -OCH3 is 5. The molecule has 0 aromatic heterocycles. The van der Waals surface area contributed by atoms with E-state index >= 15 is 0 Å². The summed E-state index contributed by atoms with van der Waals surface area (Å²) in [6.45, 7) is 1.76. The molecule has 3 atom stereocenters. The molecule has 0 bridgehead atoms. The number of esters is 1. The molecule has 2 unspecified atom stereocenters. The Morgan fingerprint density at radius 2 is 1.50 bits per heavy atom. The SMILES string of the molecule is CCC(C(=O)N1CCCCC1C(=O)O[C@H](CCc1ccc(OC)c(OC)c1)c1ccccc1OCC(=O)O)c1cc(OC)c(OC)c(OC)c1. The van der Waals surface area contributed by atoms with Gasteiger partial charge >= 0.3 is 11.9 Å². The number of carbonyl (C=O) groups is 3. The lowest BCUT2D eigenvalue weighted by atomic mass is 9.91. The Labute approximate surface area is 293 Å². The van der Waals surface area contributed by atoms with Crippen LogP contribution in [0.1, 0.15) is 67.7 Å². The highest BCUT2D eigenvalue weighted by Crippen LogP contribution is 2.42. The largest absolute Gasteiger partial charge is 0.493 e. The van der Waals surface area contributed by atoms with Crippen LogP contribution in [0.2, 0.25) is 0 Å². The molecule has 3 aromatic rings. The second-order valence-electron chi connectivity index (χ2n) is 11.8. The minimum absolute atomic E-state index is 0.199. The zero-order valence-corrected chi connectivity index (χ0v) is 29.6. The minimum Gasteiger partial charge on any atom is -0.493 e. The molecular formula is C38H47NO11. The summed E-state index contributed by atoms with van der Waals surface area (Å²) in [5.74, 6) is 0.294. The van der Waals surface area contributed by atoms with E-state index in [1.807, 2.05) is 25.1 Å². The molecule has 12 heteroatoms. The van der Waals surface area contributed by atoms with Crippen molar-refractivity contribution >= 4 is 17.8 Å². The number of likely N-dealkylation sites (tertiary alicyclic amines) is 1. The van der Waals surface area contributed by atoms with Crippen LogP contribution in [0, 0.1) is 0 Å². The van der Waals surface area contributed by atoms with E-state index in [2.05, 4.69) is 0 Å². The highest BCUT2D eigenvalue weighted by Gasteiger charge is 2.38. The maximum atomic E-state index is 14.3. The van der Waals surface area contributed by atoms with Crippen molar-refractivity contribution in [2.75, 3.05) is 48.7 Å². The van der Waals surface area contributed by atoms with Crippen molar-refractivity contribution in [1.82, 2.24) is 4.90 Å². The Morgan fingerprint density at radius 1 is 0.820 bits per heavy atom. The van der Waals surface area contributed by atoms with E-state index in [4.69, 9.17) is 33.2 Å². The van der Waals surface area contributed by atoms with Crippen LogP contribution in [0.15, 0.2) is 54.6 Å². The summed E-state index contributed by atoms with van der Waals surface area (Å²) >= 11 is 0. The van der Waals surface area contributed by atoms with Gasteiger partial charge in [-0.15, -0.1) is 0 Å². The van der Waals surface area contributed by atoms with Crippen molar-refractivity contribution in [2.45, 2.75) is 63.5 Å². The van der Waals surface area contributed by atoms with Crippen LogP contribution in [0.3, 0.4) is 0 Å². The minimum atomic E-state index is -1.13. The smallest absolute Gasteiger partial charge is 0.341 e. The van der Waals surface area contributed by atoms with Crippen molar-refractivity contribution < 1.29 is 52.6 Å². The van der Waals surface area contributed by atoms with Gasteiger partial charge in [-0.3, -0.25) is 4.79 Å². The molecule has 0 spiro atoms. The molecule has 4 rings (SSSR count). The third-order valence-electron chi connectivity index (χ3n) is 8.87. The van der Waals surface area contributed by atoms with Crippen LogP contribution in [0.5, 0.6) is 34.5 Å². The van der Waals surface area contributed by atoms with Gasteiger partial charge in [0.1, 0.15) is 17.9 Å². The van der Waals surface area contributed by atoms with Crippen molar-refractivity contribution in [2.24, 2.45) is 0 Å². The Morgan fingerprint density at radius 3 is 2.12 bits per heavy atom. The predicted molar refractivity (Wildman–Crippen MR) is 185 cm³/mol. The molecule has 0 radical (unpaired) electrons. The Hall–Kier alpha value is -5.13. The predicted octanol–water partition coefficient (Wildman–Crippen LogP) is 5.99. The summed E-state index contributed by atoms with van der Waals surface area (Å²) in [6, 6.07) is 15.2. The zero-order valence-electron chi connectivity index (χ0n) is 29.6. The van der Waals surface area contributed by atoms with E-state index in [1.165, 1.54) is 21.3 Å². The quantitative estimate of drug-likeness (QED) is 0.167. The highest BCUT2D eigenvalue weighted by atomic mass is 16.6. The van der Waals surface area contributed by atoms with E-state index in [0.717, 1.165) is 18.4 Å². The molecule has 12 nitrogen and oxygen atoms in total. The molecule has 270 valence electrons. The number of hydrogen-bond acceptors (Lipinski definition) is 10. The number of carbonyl (C=O) groups excluding carboxylic acids is 2. The summed E-state index contributed by atoms with van der Waals surface area (Å²) in [5.41, 5.74) is 2.13. The van der Waals surface area contributed by atoms with Gasteiger partial charge in [0, 0.05) is 12.1 Å². The number of carboxylic acid groups (broad SMARTS) is 1. The summed E-state index contributed by atoms with van der Waals surface area (Å²) in [6.07, 6.45) is 2.43. The first-order valence-electron chi connectivity index (χ1n) is 16.6. The number of carboxylic acids is 1. The van der Waals surface area contributed by atoms with Gasteiger partial charge in [-0.1, -0.05) is 31.2 Å². The number of para-hydroxylation sites is 1. The Balaban J connectivity index is 1.64. The number of rotatable bonds is 17. The molecule has 1 fully saturated rings. The topological polar surface area (TPSA) is 139 Å². The third kappa shape index (κ3) is 8.90. The van der Waals surface area contributed by atoms with Crippen LogP contribution in [-0.4, -0.2) is 82.6 Å². The number of amides is 1. The van der Waals surface area contributed by atoms with Crippen molar-refractivity contribution in [3.8, 4) is 34.5 Å². The number of aliphatic carboxylic acids is 1. The highest BCUT2D eigenvalue weighted by molar-refractivity contribution is 5.89. The normalized spacial score (nSPS) is 15.3. The lowest BCUT2D eigenvalue weighted by Crippen LogP contribution is -2.50. The molecule has 1 heterocycles. The van der Waals surface area contributed by atoms with Gasteiger partial charge in [-0.25, -0.2) is 9.59 Å².